The molecule has 2 aliphatic carbocycles. The second-order valence-electron chi connectivity index (χ2n) is 12.5. The van der Waals surface area contributed by atoms with E-state index in [1.54, 1.807) is 0 Å². The molecule has 0 unspecified atom stereocenters. The molecule has 12 heteroatoms. The normalized spacial score (nSPS) is 23.5. The molecule has 2 fully saturated rings. The van der Waals surface area contributed by atoms with Crippen molar-refractivity contribution in [1.82, 2.24) is 26.3 Å². The molecule has 0 spiro atoms. The van der Waals surface area contributed by atoms with Crippen LogP contribution < -0.4 is 21.9 Å². The van der Waals surface area contributed by atoms with E-state index < -0.39 is 11.2 Å². The zero-order valence-corrected chi connectivity index (χ0v) is 24.4. The van der Waals surface area contributed by atoms with Crippen molar-refractivity contribution in [2.24, 2.45) is 23.6 Å². The quantitative estimate of drug-likeness (QED) is 0.230. The number of rotatable bonds is 6. The molecule has 39 heavy (non-hydrogen) atoms. The largest absolute Gasteiger partial charge is 0.444 e. The van der Waals surface area contributed by atoms with Crippen LogP contribution in [0, 0.1) is 17.8 Å². The molecule has 0 radical (unpaired) electrons. The van der Waals surface area contributed by atoms with Crippen LogP contribution in [0.2, 0.25) is 0 Å². The number of aromatic nitrogens is 2. The van der Waals surface area contributed by atoms with Gasteiger partial charge >= 0.3 is 12.2 Å². The van der Waals surface area contributed by atoms with Gasteiger partial charge in [0.05, 0.1) is 0 Å². The first kappa shape index (κ1) is 32.3. The van der Waals surface area contributed by atoms with E-state index in [0.717, 1.165) is 57.3 Å². The first-order valence-electron chi connectivity index (χ1n) is 14.0. The summed E-state index contributed by atoms with van der Waals surface area (Å²) < 4.78 is 15.6. The van der Waals surface area contributed by atoms with Crippen LogP contribution in [0.5, 0.6) is 0 Å². The zero-order chi connectivity index (χ0) is 29.1. The number of nitrogens with two attached hydrogens (primary N) is 1. The number of alkyl carbamates (subject to hydrolysis) is 2. The average molecular weight is 553 g/mol. The van der Waals surface area contributed by atoms with Gasteiger partial charge in [0.1, 0.15) is 11.2 Å². The summed E-state index contributed by atoms with van der Waals surface area (Å²) in [5, 5.41) is 13.3. The highest BCUT2D eigenvalue weighted by Crippen LogP contribution is 2.34. The number of nitrogens with one attached hydrogen (secondary N) is 3. The summed E-state index contributed by atoms with van der Waals surface area (Å²) in [4.78, 5) is 34.5. The minimum absolute atomic E-state index is 0.0165. The van der Waals surface area contributed by atoms with Crippen molar-refractivity contribution in [1.29, 1.82) is 0 Å². The molecule has 5 N–H and O–H groups in total. The van der Waals surface area contributed by atoms with E-state index in [2.05, 4.69) is 26.3 Å². The molecule has 2 aliphatic rings. The molecule has 222 valence electrons. The predicted molar refractivity (Wildman–Crippen MR) is 145 cm³/mol. The van der Waals surface area contributed by atoms with E-state index in [4.69, 9.17) is 19.7 Å². The summed E-state index contributed by atoms with van der Waals surface area (Å²) in [7, 11) is 0. The molecule has 3 amide bonds. The van der Waals surface area contributed by atoms with Gasteiger partial charge in [0, 0.05) is 24.9 Å². The Morgan fingerprint density at radius 3 is 1.69 bits per heavy atom. The minimum Gasteiger partial charge on any atom is -0.444 e. The number of ether oxygens (including phenoxy) is 2. The van der Waals surface area contributed by atoms with Gasteiger partial charge in [-0.3, -0.25) is 10.2 Å². The van der Waals surface area contributed by atoms with E-state index >= 15 is 0 Å². The number of carbonyl (C=O) groups is 3. The van der Waals surface area contributed by atoms with E-state index in [1.807, 2.05) is 41.5 Å². The zero-order valence-electron chi connectivity index (χ0n) is 24.4. The fraction of sp³-hybridized carbons (Fsp3) is 0.815. The lowest BCUT2D eigenvalue weighted by molar-refractivity contribution is -0.126. The SMILES string of the molecule is CC(C)(C)OC(=O)NCC1CCC(C(=O)NN)CC1.CC(C)(C)OC(=O)NCC1CCC(c2nnco2)CC1. The second-order valence-corrected chi connectivity index (χ2v) is 12.5. The number of carbonyl (C=O) groups excluding carboxylic acids is 3. The molecule has 1 heterocycles. The maximum atomic E-state index is 11.6. The van der Waals surface area contributed by atoms with E-state index in [9.17, 15) is 14.4 Å². The summed E-state index contributed by atoms with van der Waals surface area (Å²) in [6.07, 6.45) is 8.34. The van der Waals surface area contributed by atoms with Gasteiger partial charge in [0.25, 0.3) is 0 Å². The Labute approximate surface area is 231 Å². The Kier molecular flexibility index (Phi) is 12.5. The fourth-order valence-corrected chi connectivity index (χ4v) is 4.80. The van der Waals surface area contributed by atoms with Crippen LogP contribution in [0.3, 0.4) is 0 Å². The summed E-state index contributed by atoms with van der Waals surface area (Å²) in [6, 6.07) is 0. The van der Waals surface area contributed by atoms with Crippen molar-refractivity contribution in [3.05, 3.63) is 12.3 Å². The fourth-order valence-electron chi connectivity index (χ4n) is 4.80. The van der Waals surface area contributed by atoms with Crippen LogP contribution in [0.15, 0.2) is 10.8 Å². The molecule has 0 aliphatic heterocycles. The van der Waals surface area contributed by atoms with Crippen molar-refractivity contribution in [2.75, 3.05) is 13.1 Å². The topological polar surface area (TPSA) is 171 Å². The highest BCUT2D eigenvalue weighted by molar-refractivity contribution is 5.78. The molecule has 2 saturated carbocycles. The molecule has 0 aromatic carbocycles. The molecular weight excluding hydrogens is 504 g/mol. The van der Waals surface area contributed by atoms with Crippen molar-refractivity contribution in [3.63, 3.8) is 0 Å². The molecule has 0 saturated heterocycles. The first-order chi connectivity index (χ1) is 18.3. The molecule has 0 atom stereocenters. The van der Waals surface area contributed by atoms with Crippen LogP contribution in [0.4, 0.5) is 9.59 Å². The van der Waals surface area contributed by atoms with E-state index in [1.165, 1.54) is 6.39 Å². The molecule has 1 aromatic rings. The Balaban J connectivity index is 0.000000274. The molecule has 0 bridgehead atoms. The summed E-state index contributed by atoms with van der Waals surface area (Å²) in [5.41, 5.74) is 1.28. The second kappa shape index (κ2) is 15.0. The Morgan fingerprint density at radius 2 is 1.31 bits per heavy atom. The third kappa shape index (κ3) is 13.1. The van der Waals surface area contributed by atoms with Crippen molar-refractivity contribution < 1.29 is 28.3 Å². The Hall–Kier alpha value is -2.89. The first-order valence-corrected chi connectivity index (χ1v) is 14.0. The number of hydrogen-bond donors (Lipinski definition) is 4. The lowest BCUT2D eigenvalue weighted by atomic mass is 9.81. The van der Waals surface area contributed by atoms with E-state index in [-0.39, 0.29) is 24.0 Å². The van der Waals surface area contributed by atoms with Crippen molar-refractivity contribution in [2.45, 2.75) is 110 Å². The highest BCUT2D eigenvalue weighted by Gasteiger charge is 2.27. The molecule has 12 nitrogen and oxygen atoms in total. The van der Waals surface area contributed by atoms with Crippen LogP contribution in [-0.4, -0.2) is 52.6 Å². The monoisotopic (exact) mass is 552 g/mol. The van der Waals surface area contributed by atoms with Crippen molar-refractivity contribution in [3.8, 4) is 0 Å². The van der Waals surface area contributed by atoms with Crippen LogP contribution in [0.25, 0.3) is 0 Å². The van der Waals surface area contributed by atoms with Gasteiger partial charge in [0.15, 0.2) is 0 Å². The minimum atomic E-state index is -0.471. The lowest BCUT2D eigenvalue weighted by Gasteiger charge is -2.28. The maximum Gasteiger partial charge on any atom is 0.407 e. The van der Waals surface area contributed by atoms with Gasteiger partial charge in [-0.1, -0.05) is 0 Å². The Bertz CT molecular complexity index is 880. The lowest BCUT2D eigenvalue weighted by Crippen LogP contribution is -2.39. The smallest absolute Gasteiger partial charge is 0.407 e. The van der Waals surface area contributed by atoms with E-state index in [0.29, 0.717) is 30.8 Å². The standard InChI is InChI=1S/C14H23N3O3.C13H25N3O3/c1-14(2,3)20-13(18)15-8-10-4-6-11(7-5-10)12-17-16-9-19-12;1-13(2,3)19-12(18)15-8-9-4-6-10(7-5-9)11(17)16-14/h9-11H,4-8H2,1-3H3,(H,15,18);9-10H,4-8,14H2,1-3H3,(H,15,18)(H,16,17). The number of hydrazine groups is 1. The van der Waals surface area contributed by atoms with Gasteiger partial charge in [-0.05, 0) is 105 Å². The number of nitrogens with zero attached hydrogens (tertiary/aromatic N) is 2. The highest BCUT2D eigenvalue weighted by atomic mass is 16.6. The van der Waals surface area contributed by atoms with Gasteiger partial charge < -0.3 is 24.5 Å². The molecule has 3 rings (SSSR count). The number of amides is 3. The third-order valence-electron chi connectivity index (χ3n) is 6.80. The maximum absolute atomic E-state index is 11.6. The average Bonchev–Trinajstić information content (AvgIpc) is 3.40. The number of hydrogen-bond acceptors (Lipinski definition) is 9. The molecule has 1 aromatic heterocycles. The van der Waals surface area contributed by atoms with Gasteiger partial charge in [-0.25, -0.2) is 15.4 Å². The third-order valence-corrected chi connectivity index (χ3v) is 6.80. The van der Waals surface area contributed by atoms with Crippen LogP contribution >= 0.6 is 0 Å². The van der Waals surface area contributed by atoms with Gasteiger partial charge in [-0.15, -0.1) is 10.2 Å². The summed E-state index contributed by atoms with van der Waals surface area (Å²) in [6.45, 7) is 12.4. The van der Waals surface area contributed by atoms with Gasteiger partial charge in [0.2, 0.25) is 18.2 Å². The Morgan fingerprint density at radius 1 is 0.846 bits per heavy atom. The van der Waals surface area contributed by atoms with Crippen LogP contribution in [-0.2, 0) is 14.3 Å². The predicted octanol–water partition coefficient (Wildman–Crippen LogP) is 4.18. The van der Waals surface area contributed by atoms with Crippen molar-refractivity contribution >= 4 is 18.1 Å². The summed E-state index contributed by atoms with van der Waals surface area (Å²) in [5.74, 6) is 7.08. The van der Waals surface area contributed by atoms with Crippen LogP contribution in [0.1, 0.15) is 105 Å². The van der Waals surface area contributed by atoms with Gasteiger partial charge in [-0.2, -0.15) is 0 Å². The summed E-state index contributed by atoms with van der Waals surface area (Å²) >= 11 is 0. The molecular formula is C27H48N6O6.